The summed E-state index contributed by atoms with van der Waals surface area (Å²) in [5, 5.41) is 1.10. The second-order valence-electron chi connectivity index (χ2n) is 5.06. The average molecular weight is 236 g/mol. The summed E-state index contributed by atoms with van der Waals surface area (Å²) in [5.74, 6) is 0.824. The molecule has 1 aliphatic heterocycles. The first-order chi connectivity index (χ1) is 7.71. The van der Waals surface area contributed by atoms with Crippen LogP contribution in [0, 0.1) is 5.92 Å². The van der Waals surface area contributed by atoms with Gasteiger partial charge >= 0.3 is 0 Å². The zero-order chi connectivity index (χ0) is 11.4. The smallest absolute Gasteiger partial charge is 0.115 e. The zero-order valence-electron chi connectivity index (χ0n) is 10.1. The van der Waals surface area contributed by atoms with Gasteiger partial charge in [-0.3, -0.25) is 0 Å². The lowest BCUT2D eigenvalue weighted by Gasteiger charge is -2.23. The van der Waals surface area contributed by atoms with Gasteiger partial charge in [0.15, 0.2) is 0 Å². The second kappa shape index (κ2) is 5.19. The highest BCUT2D eigenvalue weighted by Gasteiger charge is 2.25. The highest BCUT2D eigenvalue weighted by atomic mass is 31.2. The lowest BCUT2D eigenvalue weighted by Crippen LogP contribution is -2.14. The van der Waals surface area contributed by atoms with Crippen LogP contribution in [0.2, 0.25) is 0 Å². The highest BCUT2D eigenvalue weighted by molar-refractivity contribution is 7.71. The number of hydrogen-bond acceptors (Lipinski definition) is 1. The van der Waals surface area contributed by atoms with Crippen molar-refractivity contribution in [3.05, 3.63) is 30.3 Å². The Balaban J connectivity index is 2.15. The topological polar surface area (TPSA) is 17.1 Å². The molecule has 2 rings (SSSR count). The molecular formula is C14H21OP. The summed E-state index contributed by atoms with van der Waals surface area (Å²) in [6.45, 7) is 2.32. The first-order valence-corrected chi connectivity index (χ1v) is 8.42. The summed E-state index contributed by atoms with van der Waals surface area (Å²) in [4.78, 5) is 0. The fourth-order valence-corrected chi connectivity index (χ4v) is 5.45. The van der Waals surface area contributed by atoms with Crippen molar-refractivity contribution in [3.8, 4) is 0 Å². The Bertz CT molecular complexity index is 358. The monoisotopic (exact) mass is 236 g/mol. The van der Waals surface area contributed by atoms with Crippen molar-refractivity contribution in [2.24, 2.45) is 5.92 Å². The molecule has 2 heteroatoms. The number of hydrogen-bond donors (Lipinski definition) is 0. The minimum absolute atomic E-state index is 0.824. The number of rotatable bonds is 1. The molecule has 1 saturated heterocycles. The maximum Gasteiger partial charge on any atom is 0.115 e. The second-order valence-corrected chi connectivity index (χ2v) is 8.25. The third-order valence-electron chi connectivity index (χ3n) is 3.66. The van der Waals surface area contributed by atoms with Gasteiger partial charge in [0.1, 0.15) is 7.14 Å². The molecule has 1 fully saturated rings. The van der Waals surface area contributed by atoms with E-state index in [-0.39, 0.29) is 0 Å². The van der Waals surface area contributed by atoms with Gasteiger partial charge < -0.3 is 4.57 Å². The van der Waals surface area contributed by atoms with Crippen LogP contribution in [0.1, 0.15) is 32.6 Å². The van der Waals surface area contributed by atoms with Crippen LogP contribution in [0.4, 0.5) is 0 Å². The lowest BCUT2D eigenvalue weighted by atomic mass is 10.0. The fraction of sp³-hybridized carbons (Fsp3) is 0.571. The molecule has 0 radical (unpaired) electrons. The molecule has 88 valence electrons. The van der Waals surface area contributed by atoms with Crippen LogP contribution in [0.5, 0.6) is 0 Å². The van der Waals surface area contributed by atoms with Crippen molar-refractivity contribution in [1.29, 1.82) is 0 Å². The molecule has 1 nitrogen and oxygen atoms in total. The molecule has 0 amide bonds. The van der Waals surface area contributed by atoms with Crippen LogP contribution < -0.4 is 5.30 Å². The molecule has 16 heavy (non-hydrogen) atoms. The molecule has 0 aromatic heterocycles. The van der Waals surface area contributed by atoms with E-state index in [1.54, 1.807) is 0 Å². The third kappa shape index (κ3) is 2.77. The summed E-state index contributed by atoms with van der Waals surface area (Å²) in [6, 6.07) is 10.1. The van der Waals surface area contributed by atoms with Gasteiger partial charge in [0.05, 0.1) is 0 Å². The maximum atomic E-state index is 12.9. The number of benzene rings is 1. The van der Waals surface area contributed by atoms with Gasteiger partial charge in [0, 0.05) is 17.6 Å². The molecule has 1 aromatic carbocycles. The third-order valence-corrected chi connectivity index (χ3v) is 6.98. The van der Waals surface area contributed by atoms with E-state index in [0.717, 1.165) is 36.4 Å². The van der Waals surface area contributed by atoms with Crippen molar-refractivity contribution in [3.63, 3.8) is 0 Å². The van der Waals surface area contributed by atoms with Crippen LogP contribution in [-0.2, 0) is 4.57 Å². The predicted molar refractivity (Wildman–Crippen MR) is 71.0 cm³/mol. The van der Waals surface area contributed by atoms with Gasteiger partial charge in [-0.25, -0.2) is 0 Å². The Morgan fingerprint density at radius 3 is 2.19 bits per heavy atom. The van der Waals surface area contributed by atoms with Crippen LogP contribution in [0.3, 0.4) is 0 Å². The summed E-state index contributed by atoms with van der Waals surface area (Å²) in [6.07, 6.45) is 6.59. The Morgan fingerprint density at radius 2 is 1.62 bits per heavy atom. The predicted octanol–water partition coefficient (Wildman–Crippen LogP) is 3.89. The Labute approximate surface area is 98.6 Å². The summed E-state index contributed by atoms with van der Waals surface area (Å²) >= 11 is 0. The van der Waals surface area contributed by atoms with Crippen molar-refractivity contribution < 1.29 is 4.57 Å². The van der Waals surface area contributed by atoms with E-state index in [4.69, 9.17) is 0 Å². The zero-order valence-corrected chi connectivity index (χ0v) is 11.0. The van der Waals surface area contributed by atoms with Crippen molar-refractivity contribution >= 4 is 12.4 Å². The molecule has 0 atom stereocenters. The summed E-state index contributed by atoms with van der Waals surface area (Å²) in [7, 11) is -2.06. The minimum atomic E-state index is -2.06. The van der Waals surface area contributed by atoms with E-state index < -0.39 is 7.14 Å². The Hall–Kier alpha value is -0.550. The molecular weight excluding hydrogens is 215 g/mol. The van der Waals surface area contributed by atoms with Gasteiger partial charge in [-0.1, -0.05) is 50.1 Å². The molecule has 1 aliphatic rings. The molecule has 1 heterocycles. The first-order valence-electron chi connectivity index (χ1n) is 6.34. The fourth-order valence-electron chi connectivity index (χ4n) is 2.60. The molecule has 0 aliphatic carbocycles. The largest absolute Gasteiger partial charge is 0.319 e. The standard InChI is InChI=1S/C14H21OP/c1-13-7-5-11-16(15,12-6-8-13)14-9-3-2-4-10-14/h2-4,9-10,13H,5-8,11-12H2,1H3. The Morgan fingerprint density at radius 1 is 1.06 bits per heavy atom. The normalized spacial score (nSPS) is 31.7. The van der Waals surface area contributed by atoms with E-state index in [9.17, 15) is 4.57 Å². The molecule has 0 N–H and O–H groups in total. The van der Waals surface area contributed by atoms with E-state index in [1.165, 1.54) is 12.8 Å². The first kappa shape index (κ1) is 11.9. The SMILES string of the molecule is CC1CCCP(=O)(c2ccccc2)CCC1. The van der Waals surface area contributed by atoms with Gasteiger partial charge in [-0.15, -0.1) is 0 Å². The van der Waals surface area contributed by atoms with Gasteiger partial charge in [-0.05, 0) is 18.8 Å². The van der Waals surface area contributed by atoms with Crippen molar-refractivity contribution in [1.82, 2.24) is 0 Å². The van der Waals surface area contributed by atoms with Crippen LogP contribution in [-0.4, -0.2) is 12.3 Å². The summed E-state index contributed by atoms with van der Waals surface area (Å²) < 4.78 is 12.9. The van der Waals surface area contributed by atoms with Crippen LogP contribution in [0.25, 0.3) is 0 Å². The molecule has 0 saturated carbocycles. The summed E-state index contributed by atoms with van der Waals surface area (Å²) in [5.41, 5.74) is 0. The highest BCUT2D eigenvalue weighted by Crippen LogP contribution is 2.47. The Kier molecular flexibility index (Phi) is 3.86. The van der Waals surface area contributed by atoms with E-state index >= 15 is 0 Å². The quantitative estimate of drug-likeness (QED) is 0.676. The van der Waals surface area contributed by atoms with Crippen LogP contribution >= 0.6 is 7.14 Å². The average Bonchev–Trinajstić information content (AvgIpc) is 2.28. The van der Waals surface area contributed by atoms with Gasteiger partial charge in [0.2, 0.25) is 0 Å². The molecule has 0 bridgehead atoms. The van der Waals surface area contributed by atoms with Crippen LogP contribution in [0.15, 0.2) is 30.3 Å². The van der Waals surface area contributed by atoms with Gasteiger partial charge in [-0.2, -0.15) is 0 Å². The van der Waals surface area contributed by atoms with Gasteiger partial charge in [0.25, 0.3) is 0 Å². The van der Waals surface area contributed by atoms with Crippen molar-refractivity contribution in [2.75, 3.05) is 12.3 Å². The van der Waals surface area contributed by atoms with E-state index in [0.29, 0.717) is 0 Å². The maximum absolute atomic E-state index is 12.9. The minimum Gasteiger partial charge on any atom is -0.319 e. The van der Waals surface area contributed by atoms with E-state index in [2.05, 4.69) is 6.92 Å². The molecule has 0 spiro atoms. The van der Waals surface area contributed by atoms with Crippen molar-refractivity contribution in [2.45, 2.75) is 32.6 Å². The van der Waals surface area contributed by atoms with E-state index in [1.807, 2.05) is 30.3 Å². The molecule has 0 unspecified atom stereocenters. The lowest BCUT2D eigenvalue weighted by molar-refractivity contribution is 0.468. The molecule has 1 aromatic rings.